The van der Waals surface area contributed by atoms with Crippen LogP contribution in [0.2, 0.25) is 0 Å². The van der Waals surface area contributed by atoms with E-state index < -0.39 is 6.10 Å². The number of nitrogens with one attached hydrogen (secondary N) is 1. The maximum absolute atomic E-state index is 10.3. The van der Waals surface area contributed by atoms with Crippen LogP contribution in [0, 0.1) is 0 Å². The zero-order valence-corrected chi connectivity index (χ0v) is 17.8. The fourth-order valence-corrected chi connectivity index (χ4v) is 3.19. The third-order valence-electron chi connectivity index (χ3n) is 4.52. The van der Waals surface area contributed by atoms with Gasteiger partial charge in [-0.3, -0.25) is 9.89 Å². The van der Waals surface area contributed by atoms with Crippen LogP contribution in [-0.4, -0.2) is 48.8 Å². The molecule has 2 aromatic carbocycles. The quantitative estimate of drug-likeness (QED) is 0.335. The van der Waals surface area contributed by atoms with Gasteiger partial charge in [-0.25, -0.2) is 0 Å². The lowest BCUT2D eigenvalue weighted by Crippen LogP contribution is -2.38. The van der Waals surface area contributed by atoms with Crippen LogP contribution in [0.3, 0.4) is 0 Å². The van der Waals surface area contributed by atoms with E-state index in [1.807, 2.05) is 24.3 Å². The van der Waals surface area contributed by atoms with Gasteiger partial charge in [0.05, 0.1) is 25.4 Å². The maximum atomic E-state index is 10.3. The van der Waals surface area contributed by atoms with Crippen LogP contribution in [-0.2, 0) is 13.0 Å². The summed E-state index contributed by atoms with van der Waals surface area (Å²) < 4.78 is 5.27. The first kappa shape index (κ1) is 21.5. The SMILES string of the molecule is COc1ccccc1NC(N)=NCC(O)CN1CCc2ccccc2C1.I. The molecule has 6 nitrogen and oxygen atoms in total. The highest BCUT2D eigenvalue weighted by Crippen LogP contribution is 2.22. The van der Waals surface area contributed by atoms with Crippen molar-refractivity contribution in [2.24, 2.45) is 10.7 Å². The molecular formula is C20H27IN4O2. The minimum Gasteiger partial charge on any atom is -0.495 e. The fraction of sp³-hybridized carbons (Fsp3) is 0.350. The van der Waals surface area contributed by atoms with Crippen LogP contribution in [0.25, 0.3) is 0 Å². The molecule has 0 aromatic heterocycles. The predicted molar refractivity (Wildman–Crippen MR) is 120 cm³/mol. The summed E-state index contributed by atoms with van der Waals surface area (Å²) in [5.74, 6) is 0.954. The van der Waals surface area contributed by atoms with Crippen molar-refractivity contribution in [2.45, 2.75) is 19.1 Å². The highest BCUT2D eigenvalue weighted by atomic mass is 127. The van der Waals surface area contributed by atoms with Crippen molar-refractivity contribution in [3.05, 3.63) is 59.7 Å². The molecule has 3 rings (SSSR count). The highest BCUT2D eigenvalue weighted by molar-refractivity contribution is 14.0. The first-order valence-electron chi connectivity index (χ1n) is 8.83. The van der Waals surface area contributed by atoms with Crippen molar-refractivity contribution in [1.29, 1.82) is 0 Å². The van der Waals surface area contributed by atoms with Crippen LogP contribution in [0.15, 0.2) is 53.5 Å². The van der Waals surface area contributed by atoms with Gasteiger partial charge in [0.1, 0.15) is 5.75 Å². The second-order valence-electron chi connectivity index (χ2n) is 6.46. The average Bonchev–Trinajstić information content (AvgIpc) is 2.67. The van der Waals surface area contributed by atoms with E-state index in [1.54, 1.807) is 7.11 Å². The van der Waals surface area contributed by atoms with Gasteiger partial charge >= 0.3 is 0 Å². The minimum atomic E-state index is -0.557. The van der Waals surface area contributed by atoms with E-state index in [-0.39, 0.29) is 36.5 Å². The van der Waals surface area contributed by atoms with Gasteiger partial charge in [-0.15, -0.1) is 24.0 Å². The predicted octanol–water partition coefficient (Wildman–Crippen LogP) is 2.46. The molecule has 2 aromatic rings. The van der Waals surface area contributed by atoms with Gasteiger partial charge in [0.2, 0.25) is 0 Å². The number of rotatable bonds is 6. The Balaban J connectivity index is 0.00000261. The number of methoxy groups -OCH3 is 1. The second kappa shape index (κ2) is 10.5. The Labute approximate surface area is 177 Å². The summed E-state index contributed by atoms with van der Waals surface area (Å²) in [7, 11) is 1.61. The smallest absolute Gasteiger partial charge is 0.193 e. The van der Waals surface area contributed by atoms with Crippen LogP contribution in [0.5, 0.6) is 5.75 Å². The Morgan fingerprint density at radius 3 is 2.70 bits per heavy atom. The number of hydrogen-bond acceptors (Lipinski definition) is 4. The van der Waals surface area contributed by atoms with Gasteiger partial charge in [-0.05, 0) is 29.7 Å². The summed E-state index contributed by atoms with van der Waals surface area (Å²) in [6.45, 7) is 2.66. The van der Waals surface area contributed by atoms with Crippen LogP contribution >= 0.6 is 24.0 Å². The van der Waals surface area contributed by atoms with Gasteiger partial charge in [0, 0.05) is 19.6 Å². The molecule has 0 spiro atoms. The molecule has 0 amide bonds. The molecule has 0 aliphatic carbocycles. The van der Waals surface area contributed by atoms with Gasteiger partial charge in [0.25, 0.3) is 0 Å². The molecule has 0 radical (unpaired) electrons. The fourth-order valence-electron chi connectivity index (χ4n) is 3.19. The van der Waals surface area contributed by atoms with E-state index in [1.165, 1.54) is 11.1 Å². The summed E-state index contributed by atoms with van der Waals surface area (Å²) in [5.41, 5.74) is 9.42. The van der Waals surface area contributed by atoms with Crippen molar-refractivity contribution in [3.63, 3.8) is 0 Å². The van der Waals surface area contributed by atoms with E-state index in [4.69, 9.17) is 10.5 Å². The number of nitrogens with two attached hydrogens (primary N) is 1. The summed E-state index contributed by atoms with van der Waals surface area (Å²) >= 11 is 0. The van der Waals surface area contributed by atoms with E-state index in [2.05, 4.69) is 39.5 Å². The van der Waals surface area contributed by atoms with E-state index in [0.717, 1.165) is 25.2 Å². The Hall–Kier alpha value is -1.84. The van der Waals surface area contributed by atoms with Gasteiger partial charge in [-0.2, -0.15) is 0 Å². The number of aliphatic hydroxyl groups excluding tert-OH is 1. The Bertz CT molecular complexity index is 769. The topological polar surface area (TPSA) is 83.1 Å². The van der Waals surface area contributed by atoms with E-state index in [0.29, 0.717) is 12.3 Å². The first-order valence-corrected chi connectivity index (χ1v) is 8.83. The molecule has 146 valence electrons. The number of fused-ring (bicyclic) bond motifs is 1. The largest absolute Gasteiger partial charge is 0.495 e. The summed E-state index contributed by atoms with van der Waals surface area (Å²) in [6.07, 6.45) is 0.460. The average molecular weight is 482 g/mol. The van der Waals surface area contributed by atoms with Gasteiger partial charge < -0.3 is 20.9 Å². The molecule has 1 atom stereocenters. The number of nitrogens with zero attached hydrogens (tertiary/aromatic N) is 2. The molecular weight excluding hydrogens is 455 g/mol. The molecule has 1 heterocycles. The number of β-amino-alcohol motifs (C(OH)–C–C–N with tert-alkyl or cyclic N) is 1. The zero-order valence-electron chi connectivity index (χ0n) is 15.5. The van der Waals surface area contributed by atoms with E-state index in [9.17, 15) is 5.11 Å². The van der Waals surface area contributed by atoms with Crippen molar-refractivity contribution >= 4 is 35.6 Å². The normalized spacial score (nSPS) is 15.4. The number of aliphatic imine (C=N–C) groups is 1. The molecule has 7 heteroatoms. The number of hydrogen-bond donors (Lipinski definition) is 3. The number of benzene rings is 2. The number of para-hydroxylation sites is 2. The standard InChI is InChI=1S/C20H26N4O2.HI/c1-26-19-9-5-4-8-18(19)23-20(21)22-12-17(25)14-24-11-10-15-6-2-3-7-16(15)13-24;/h2-9,17,25H,10-14H2,1H3,(H3,21,22,23);1H. The Morgan fingerprint density at radius 2 is 1.93 bits per heavy atom. The lowest BCUT2D eigenvalue weighted by molar-refractivity contribution is 0.112. The highest BCUT2D eigenvalue weighted by Gasteiger charge is 2.18. The number of ether oxygens (including phenoxy) is 1. The molecule has 1 aliphatic heterocycles. The maximum Gasteiger partial charge on any atom is 0.193 e. The van der Waals surface area contributed by atoms with Crippen LogP contribution in [0.4, 0.5) is 5.69 Å². The molecule has 0 bridgehead atoms. The number of aliphatic hydroxyl groups is 1. The van der Waals surface area contributed by atoms with Crippen molar-refractivity contribution in [2.75, 3.05) is 32.1 Å². The van der Waals surface area contributed by atoms with Gasteiger partial charge in [0.15, 0.2) is 5.96 Å². The second-order valence-corrected chi connectivity index (χ2v) is 6.46. The van der Waals surface area contributed by atoms with Crippen LogP contribution in [0.1, 0.15) is 11.1 Å². The molecule has 0 saturated heterocycles. The summed E-state index contributed by atoms with van der Waals surface area (Å²) in [4.78, 5) is 6.51. The first-order chi connectivity index (χ1) is 12.7. The zero-order chi connectivity index (χ0) is 18.4. The minimum absolute atomic E-state index is 0. The molecule has 4 N–H and O–H groups in total. The third-order valence-corrected chi connectivity index (χ3v) is 4.52. The lowest BCUT2D eigenvalue weighted by atomic mass is 10.00. The third kappa shape index (κ3) is 6.08. The van der Waals surface area contributed by atoms with Crippen molar-refractivity contribution < 1.29 is 9.84 Å². The molecule has 1 unspecified atom stereocenters. The van der Waals surface area contributed by atoms with Crippen molar-refractivity contribution in [1.82, 2.24) is 4.90 Å². The Morgan fingerprint density at radius 1 is 1.22 bits per heavy atom. The van der Waals surface area contributed by atoms with E-state index >= 15 is 0 Å². The number of guanidine groups is 1. The summed E-state index contributed by atoms with van der Waals surface area (Å²) in [6, 6.07) is 16.0. The molecule has 27 heavy (non-hydrogen) atoms. The molecule has 1 aliphatic rings. The monoisotopic (exact) mass is 482 g/mol. The molecule has 0 saturated carbocycles. The summed E-state index contributed by atoms with van der Waals surface area (Å²) in [5, 5.41) is 13.3. The Kier molecular flexibility index (Phi) is 8.33. The van der Waals surface area contributed by atoms with Gasteiger partial charge in [-0.1, -0.05) is 36.4 Å². The lowest BCUT2D eigenvalue weighted by Gasteiger charge is -2.30. The van der Waals surface area contributed by atoms with Crippen molar-refractivity contribution in [3.8, 4) is 5.75 Å². The molecule has 0 fully saturated rings. The number of anilines is 1. The van der Waals surface area contributed by atoms with Crippen LogP contribution < -0.4 is 15.8 Å². The number of halogens is 1.